The van der Waals surface area contributed by atoms with Crippen LogP contribution in [-0.2, 0) is 0 Å². The second-order valence-corrected chi connectivity index (χ2v) is 5.97. The van der Waals surface area contributed by atoms with Gasteiger partial charge in [0.2, 0.25) is 0 Å². The van der Waals surface area contributed by atoms with Gasteiger partial charge >= 0.3 is 0 Å². The van der Waals surface area contributed by atoms with Crippen molar-refractivity contribution in [3.05, 3.63) is 23.8 Å². The zero-order valence-corrected chi connectivity index (χ0v) is 12.8. The average molecular weight is 278 g/mol. The van der Waals surface area contributed by atoms with Crippen LogP contribution in [-0.4, -0.2) is 30.3 Å². The highest BCUT2D eigenvalue weighted by Gasteiger charge is 2.28. The molecule has 3 N–H and O–H groups in total. The molecule has 1 aromatic rings. The van der Waals surface area contributed by atoms with E-state index in [1.54, 1.807) is 0 Å². The molecule has 2 rings (SSSR count). The van der Waals surface area contributed by atoms with Crippen LogP contribution in [0.1, 0.15) is 39.4 Å². The number of rotatable bonds is 4. The maximum atomic E-state index is 10.1. The Morgan fingerprint density at radius 2 is 2.10 bits per heavy atom. The molecule has 0 saturated heterocycles. The van der Waals surface area contributed by atoms with E-state index in [1.165, 1.54) is 0 Å². The number of benzene rings is 1. The van der Waals surface area contributed by atoms with Gasteiger partial charge in [0.15, 0.2) is 0 Å². The van der Waals surface area contributed by atoms with Crippen molar-refractivity contribution in [3.63, 3.8) is 0 Å². The number of ether oxygens (including phenoxy) is 1. The van der Waals surface area contributed by atoms with Gasteiger partial charge in [-0.1, -0.05) is 19.9 Å². The molecule has 1 aliphatic rings. The molecule has 0 aromatic heterocycles. The third-order valence-electron chi connectivity index (χ3n) is 3.97. The van der Waals surface area contributed by atoms with Crippen LogP contribution < -0.4 is 15.4 Å². The Balaban J connectivity index is 2.33. The summed E-state index contributed by atoms with van der Waals surface area (Å²) in [5.74, 6) is 1.38. The first-order valence-electron chi connectivity index (χ1n) is 7.43. The molecule has 0 amide bonds. The summed E-state index contributed by atoms with van der Waals surface area (Å²) in [4.78, 5) is 2.31. The Labute approximate surface area is 121 Å². The molecule has 0 aliphatic carbocycles. The largest absolute Gasteiger partial charge is 0.486 e. The van der Waals surface area contributed by atoms with Gasteiger partial charge in [-0.15, -0.1) is 0 Å². The number of aliphatic hydroxyl groups is 1. The fourth-order valence-corrected chi connectivity index (χ4v) is 2.53. The van der Waals surface area contributed by atoms with E-state index < -0.39 is 6.10 Å². The third kappa shape index (κ3) is 2.91. The molecule has 0 radical (unpaired) electrons. The van der Waals surface area contributed by atoms with Crippen LogP contribution in [0.15, 0.2) is 18.2 Å². The highest BCUT2D eigenvalue weighted by molar-refractivity contribution is 5.62. The molecule has 0 spiro atoms. The van der Waals surface area contributed by atoms with Crippen LogP contribution in [0, 0.1) is 5.92 Å². The molecule has 3 atom stereocenters. The highest BCUT2D eigenvalue weighted by Crippen LogP contribution is 2.37. The highest BCUT2D eigenvalue weighted by atomic mass is 16.5. The van der Waals surface area contributed by atoms with E-state index in [1.807, 2.05) is 25.1 Å². The van der Waals surface area contributed by atoms with Crippen molar-refractivity contribution in [2.75, 3.05) is 18.0 Å². The fourth-order valence-electron chi connectivity index (χ4n) is 2.53. The van der Waals surface area contributed by atoms with Gasteiger partial charge in [0, 0.05) is 12.6 Å². The first-order valence-corrected chi connectivity index (χ1v) is 7.43. The quantitative estimate of drug-likeness (QED) is 0.887. The van der Waals surface area contributed by atoms with E-state index in [0.29, 0.717) is 5.92 Å². The summed E-state index contributed by atoms with van der Waals surface area (Å²) in [6.07, 6.45) is -0.423. The van der Waals surface area contributed by atoms with Crippen LogP contribution in [0.5, 0.6) is 5.75 Å². The normalized spacial score (nSPS) is 21.4. The predicted molar refractivity (Wildman–Crippen MR) is 82.2 cm³/mol. The second-order valence-electron chi connectivity index (χ2n) is 5.97. The van der Waals surface area contributed by atoms with Crippen LogP contribution in [0.25, 0.3) is 0 Å². The Morgan fingerprint density at radius 3 is 2.65 bits per heavy atom. The van der Waals surface area contributed by atoms with Crippen LogP contribution in [0.2, 0.25) is 0 Å². The number of fused-ring (bicyclic) bond motifs is 1. The first kappa shape index (κ1) is 15.1. The predicted octanol–water partition coefficient (Wildman–Crippen LogP) is 2.31. The zero-order valence-electron chi connectivity index (χ0n) is 12.8. The summed E-state index contributed by atoms with van der Waals surface area (Å²) in [6, 6.07) is 5.58. The minimum Gasteiger partial charge on any atom is -0.486 e. The van der Waals surface area contributed by atoms with Crippen molar-refractivity contribution in [2.24, 2.45) is 11.7 Å². The Kier molecular flexibility index (Phi) is 4.55. The minimum atomic E-state index is -0.637. The van der Waals surface area contributed by atoms with E-state index in [-0.39, 0.29) is 12.1 Å². The van der Waals surface area contributed by atoms with Crippen molar-refractivity contribution in [3.8, 4) is 5.75 Å². The zero-order chi connectivity index (χ0) is 14.9. The van der Waals surface area contributed by atoms with Crippen LogP contribution in [0.4, 0.5) is 5.69 Å². The average Bonchev–Trinajstić information content (AvgIpc) is 2.44. The van der Waals surface area contributed by atoms with Gasteiger partial charge in [0.1, 0.15) is 11.9 Å². The van der Waals surface area contributed by atoms with Gasteiger partial charge in [-0.25, -0.2) is 0 Å². The van der Waals surface area contributed by atoms with E-state index in [9.17, 15) is 5.11 Å². The number of nitrogens with zero attached hydrogens (tertiary/aromatic N) is 1. The number of aliphatic hydroxyl groups excluding tert-OH is 1. The first-order chi connectivity index (χ1) is 9.43. The SMILES string of the molecule is CCN1CC(C(C)C)Oc2ccc(C(O)C(C)N)cc21. The topological polar surface area (TPSA) is 58.7 Å². The second kappa shape index (κ2) is 6.02. The van der Waals surface area contributed by atoms with Gasteiger partial charge in [-0.3, -0.25) is 0 Å². The standard InChI is InChI=1S/C16H26N2O2/c1-5-18-9-15(10(2)3)20-14-7-6-12(8-13(14)18)16(19)11(4)17/h6-8,10-11,15-16,19H,5,9,17H2,1-4H3. The molecule has 0 saturated carbocycles. The summed E-state index contributed by atoms with van der Waals surface area (Å²) in [5.41, 5.74) is 7.69. The smallest absolute Gasteiger partial charge is 0.143 e. The lowest BCUT2D eigenvalue weighted by Crippen LogP contribution is -2.42. The Morgan fingerprint density at radius 1 is 1.40 bits per heavy atom. The number of likely N-dealkylation sites (N-methyl/N-ethyl adjacent to an activating group) is 1. The number of hydrogen-bond donors (Lipinski definition) is 2. The lowest BCUT2D eigenvalue weighted by Gasteiger charge is -2.38. The maximum absolute atomic E-state index is 10.1. The number of hydrogen-bond acceptors (Lipinski definition) is 4. The molecule has 20 heavy (non-hydrogen) atoms. The summed E-state index contributed by atoms with van der Waals surface area (Å²) in [6.45, 7) is 10.1. The molecule has 1 heterocycles. The maximum Gasteiger partial charge on any atom is 0.143 e. The van der Waals surface area contributed by atoms with Gasteiger partial charge in [0.05, 0.1) is 18.3 Å². The van der Waals surface area contributed by atoms with Crippen LogP contribution >= 0.6 is 0 Å². The van der Waals surface area contributed by atoms with Gasteiger partial charge in [-0.05, 0) is 37.5 Å². The lowest BCUT2D eigenvalue weighted by molar-refractivity contribution is 0.143. The lowest BCUT2D eigenvalue weighted by atomic mass is 10.00. The third-order valence-corrected chi connectivity index (χ3v) is 3.97. The molecule has 4 heteroatoms. The summed E-state index contributed by atoms with van der Waals surface area (Å²) in [7, 11) is 0. The fraction of sp³-hybridized carbons (Fsp3) is 0.625. The van der Waals surface area contributed by atoms with Crippen LogP contribution in [0.3, 0.4) is 0 Å². The van der Waals surface area contributed by atoms with E-state index in [4.69, 9.17) is 10.5 Å². The van der Waals surface area contributed by atoms with E-state index in [2.05, 4.69) is 25.7 Å². The van der Waals surface area contributed by atoms with Crippen molar-refractivity contribution in [2.45, 2.75) is 45.9 Å². The Hall–Kier alpha value is -1.26. The van der Waals surface area contributed by atoms with Crippen molar-refractivity contribution >= 4 is 5.69 Å². The minimum absolute atomic E-state index is 0.214. The Bertz CT molecular complexity index is 460. The van der Waals surface area contributed by atoms with Gasteiger partial charge < -0.3 is 20.5 Å². The monoisotopic (exact) mass is 278 g/mol. The summed E-state index contributed by atoms with van der Waals surface area (Å²) in [5, 5.41) is 10.1. The molecule has 3 unspecified atom stereocenters. The molecule has 1 aliphatic heterocycles. The molecular formula is C16H26N2O2. The summed E-state index contributed by atoms with van der Waals surface area (Å²) >= 11 is 0. The van der Waals surface area contributed by atoms with E-state index in [0.717, 1.165) is 30.1 Å². The van der Waals surface area contributed by atoms with E-state index >= 15 is 0 Å². The molecular weight excluding hydrogens is 252 g/mol. The van der Waals surface area contributed by atoms with Crippen molar-refractivity contribution in [1.82, 2.24) is 0 Å². The number of nitrogens with two attached hydrogens (primary N) is 1. The molecule has 112 valence electrons. The van der Waals surface area contributed by atoms with Gasteiger partial charge in [-0.2, -0.15) is 0 Å². The van der Waals surface area contributed by atoms with Crippen molar-refractivity contribution in [1.29, 1.82) is 0 Å². The van der Waals surface area contributed by atoms with Gasteiger partial charge in [0.25, 0.3) is 0 Å². The molecule has 0 bridgehead atoms. The van der Waals surface area contributed by atoms with Crippen molar-refractivity contribution < 1.29 is 9.84 Å². The molecule has 1 aromatic carbocycles. The molecule has 4 nitrogen and oxygen atoms in total. The number of anilines is 1. The molecule has 0 fully saturated rings. The summed E-state index contributed by atoms with van der Waals surface area (Å²) < 4.78 is 6.07.